The van der Waals surface area contributed by atoms with E-state index >= 15 is 0 Å². The molecule has 0 heterocycles. The Labute approximate surface area is 138 Å². The summed E-state index contributed by atoms with van der Waals surface area (Å²) in [4.78, 5) is 25.6. The van der Waals surface area contributed by atoms with Crippen molar-refractivity contribution >= 4 is 39.1 Å². The third-order valence-corrected chi connectivity index (χ3v) is 4.14. The van der Waals surface area contributed by atoms with Crippen LogP contribution in [0.25, 0.3) is 0 Å². The van der Waals surface area contributed by atoms with Gasteiger partial charge in [-0.1, -0.05) is 40.2 Å². The molecular formula is C17H17BrN2O2. The first kappa shape index (κ1) is 16.2. The molecule has 0 atom stereocenters. The van der Waals surface area contributed by atoms with Gasteiger partial charge in [0.05, 0.1) is 0 Å². The first-order chi connectivity index (χ1) is 10.5. The molecule has 2 aromatic rings. The zero-order valence-electron chi connectivity index (χ0n) is 12.5. The Balaban J connectivity index is 1.96. The lowest BCUT2D eigenvalue weighted by Gasteiger charge is -2.17. The van der Waals surface area contributed by atoms with Crippen LogP contribution in [0, 0.1) is 6.92 Å². The van der Waals surface area contributed by atoms with E-state index in [1.807, 2.05) is 55.5 Å². The highest BCUT2D eigenvalue weighted by Crippen LogP contribution is 2.21. The van der Waals surface area contributed by atoms with E-state index in [9.17, 15) is 9.59 Å². The smallest absolute Gasteiger partial charge is 0.236 e. The number of aryl methyl sites for hydroxylation is 1. The summed E-state index contributed by atoms with van der Waals surface area (Å²) < 4.78 is 0.915. The minimum Gasteiger partial charge on any atom is -0.326 e. The summed E-state index contributed by atoms with van der Waals surface area (Å²) in [5.41, 5.74) is 2.51. The quantitative estimate of drug-likeness (QED) is 0.844. The van der Waals surface area contributed by atoms with E-state index in [0.29, 0.717) is 5.69 Å². The van der Waals surface area contributed by atoms with Gasteiger partial charge in [0, 0.05) is 22.9 Å². The highest BCUT2D eigenvalue weighted by atomic mass is 79.9. The highest BCUT2D eigenvalue weighted by Gasteiger charge is 2.15. The van der Waals surface area contributed by atoms with E-state index < -0.39 is 0 Å². The lowest BCUT2D eigenvalue weighted by Crippen LogP contribution is -2.30. The van der Waals surface area contributed by atoms with Gasteiger partial charge in [-0.2, -0.15) is 0 Å². The van der Waals surface area contributed by atoms with Crippen molar-refractivity contribution in [2.24, 2.45) is 0 Å². The van der Waals surface area contributed by atoms with Crippen LogP contribution in [0.2, 0.25) is 0 Å². The number of benzene rings is 2. The molecule has 0 bridgehead atoms. The van der Waals surface area contributed by atoms with Crippen molar-refractivity contribution in [3.63, 3.8) is 0 Å². The second kappa shape index (κ2) is 7.22. The number of para-hydroxylation sites is 1. The van der Waals surface area contributed by atoms with Gasteiger partial charge in [0.15, 0.2) is 0 Å². The minimum absolute atomic E-state index is 0.198. The van der Waals surface area contributed by atoms with E-state index in [-0.39, 0.29) is 18.2 Å². The number of anilines is 2. The molecule has 2 amide bonds. The Hall–Kier alpha value is -2.14. The summed E-state index contributed by atoms with van der Waals surface area (Å²) in [5.74, 6) is -0.585. The van der Waals surface area contributed by atoms with Crippen LogP contribution >= 0.6 is 15.9 Å². The number of carbonyl (C=O) groups excluding carboxylic acids is 2. The lowest BCUT2D eigenvalue weighted by molar-refractivity contribution is -0.125. The molecule has 5 heteroatoms. The average molecular weight is 361 g/mol. The molecule has 0 radical (unpaired) electrons. The third-order valence-electron chi connectivity index (χ3n) is 3.28. The van der Waals surface area contributed by atoms with Gasteiger partial charge in [-0.15, -0.1) is 0 Å². The second-order valence-electron chi connectivity index (χ2n) is 4.98. The fraction of sp³-hybridized carbons (Fsp3) is 0.176. The predicted octanol–water partition coefficient (Wildman–Crippen LogP) is 3.75. The number of hydrogen-bond acceptors (Lipinski definition) is 2. The van der Waals surface area contributed by atoms with Crippen molar-refractivity contribution in [2.75, 3.05) is 17.3 Å². The number of nitrogens with one attached hydrogen (secondary N) is 1. The van der Waals surface area contributed by atoms with Crippen LogP contribution in [0.15, 0.2) is 53.0 Å². The lowest BCUT2D eigenvalue weighted by atomic mass is 10.2. The fourth-order valence-electron chi connectivity index (χ4n) is 1.93. The van der Waals surface area contributed by atoms with Gasteiger partial charge in [-0.25, -0.2) is 0 Å². The van der Waals surface area contributed by atoms with Crippen LogP contribution in [0.5, 0.6) is 0 Å². The Kier molecular flexibility index (Phi) is 5.33. The number of rotatable bonds is 4. The number of carbonyl (C=O) groups is 2. The molecule has 2 aromatic carbocycles. The van der Waals surface area contributed by atoms with Crippen LogP contribution in [0.4, 0.5) is 11.4 Å². The Morgan fingerprint density at radius 3 is 2.45 bits per heavy atom. The number of amides is 2. The number of hydrogen-bond donors (Lipinski definition) is 1. The summed E-state index contributed by atoms with van der Waals surface area (Å²) in [6.45, 7) is 1.97. The van der Waals surface area contributed by atoms with Crippen LogP contribution in [0.1, 0.15) is 12.0 Å². The first-order valence-corrected chi connectivity index (χ1v) is 7.64. The van der Waals surface area contributed by atoms with E-state index in [2.05, 4.69) is 21.2 Å². The van der Waals surface area contributed by atoms with Crippen molar-refractivity contribution in [3.05, 3.63) is 58.6 Å². The second-order valence-corrected chi connectivity index (χ2v) is 5.83. The fourth-order valence-corrected chi connectivity index (χ4v) is 2.31. The Morgan fingerprint density at radius 1 is 1.14 bits per heavy atom. The van der Waals surface area contributed by atoms with E-state index in [0.717, 1.165) is 15.7 Å². The molecule has 0 aliphatic heterocycles. The molecule has 0 aromatic heterocycles. The molecule has 22 heavy (non-hydrogen) atoms. The third kappa shape index (κ3) is 4.18. The molecule has 0 spiro atoms. The summed E-state index contributed by atoms with van der Waals surface area (Å²) in [7, 11) is 1.66. The van der Waals surface area contributed by atoms with E-state index in [4.69, 9.17) is 0 Å². The Bertz CT molecular complexity index is 686. The van der Waals surface area contributed by atoms with Crippen molar-refractivity contribution in [1.29, 1.82) is 0 Å². The van der Waals surface area contributed by atoms with Gasteiger partial charge in [0.25, 0.3) is 0 Å². The van der Waals surface area contributed by atoms with Crippen LogP contribution in [0.3, 0.4) is 0 Å². The molecule has 0 aliphatic carbocycles. The monoisotopic (exact) mass is 360 g/mol. The molecule has 4 nitrogen and oxygen atoms in total. The molecule has 0 aliphatic rings. The zero-order valence-corrected chi connectivity index (χ0v) is 14.1. The molecule has 2 rings (SSSR count). The van der Waals surface area contributed by atoms with Crippen LogP contribution < -0.4 is 10.2 Å². The van der Waals surface area contributed by atoms with Crippen molar-refractivity contribution in [3.8, 4) is 0 Å². The molecule has 1 N–H and O–H groups in total. The minimum atomic E-state index is -0.330. The molecule has 0 fully saturated rings. The Morgan fingerprint density at radius 2 is 1.82 bits per heavy atom. The van der Waals surface area contributed by atoms with E-state index in [1.165, 1.54) is 4.90 Å². The first-order valence-electron chi connectivity index (χ1n) is 6.85. The topological polar surface area (TPSA) is 49.4 Å². The standard InChI is InChI=1S/C17H17BrN2O2/c1-12-8-9-13(10-15(12)18)19-16(21)11-17(22)20(2)14-6-4-3-5-7-14/h3-10H,11H2,1-2H3,(H,19,21). The van der Waals surface area contributed by atoms with Gasteiger partial charge in [0.1, 0.15) is 6.42 Å². The average Bonchev–Trinajstić information content (AvgIpc) is 2.51. The van der Waals surface area contributed by atoms with Crippen molar-refractivity contribution in [2.45, 2.75) is 13.3 Å². The normalized spacial score (nSPS) is 10.1. The summed E-state index contributed by atoms with van der Waals surface area (Å²) >= 11 is 3.41. The van der Waals surface area contributed by atoms with Crippen LogP contribution in [-0.2, 0) is 9.59 Å². The van der Waals surface area contributed by atoms with Gasteiger partial charge in [-0.05, 0) is 36.8 Å². The van der Waals surface area contributed by atoms with Crippen molar-refractivity contribution < 1.29 is 9.59 Å². The van der Waals surface area contributed by atoms with Crippen LogP contribution in [-0.4, -0.2) is 18.9 Å². The summed E-state index contributed by atoms with van der Waals surface area (Å²) in [6.07, 6.45) is -0.198. The van der Waals surface area contributed by atoms with Crippen molar-refractivity contribution in [1.82, 2.24) is 0 Å². The molecule has 0 unspecified atom stereocenters. The van der Waals surface area contributed by atoms with Gasteiger partial charge >= 0.3 is 0 Å². The molecule has 0 saturated carbocycles. The maximum Gasteiger partial charge on any atom is 0.236 e. The predicted molar refractivity (Wildman–Crippen MR) is 92.0 cm³/mol. The largest absolute Gasteiger partial charge is 0.326 e. The van der Waals surface area contributed by atoms with Gasteiger partial charge in [0.2, 0.25) is 11.8 Å². The zero-order chi connectivity index (χ0) is 16.1. The summed E-state index contributed by atoms with van der Waals surface area (Å²) in [5, 5.41) is 2.73. The molecular weight excluding hydrogens is 344 g/mol. The maximum atomic E-state index is 12.1. The maximum absolute atomic E-state index is 12.1. The summed E-state index contributed by atoms with van der Waals surface area (Å²) in [6, 6.07) is 14.8. The van der Waals surface area contributed by atoms with E-state index in [1.54, 1.807) is 7.05 Å². The molecule has 0 saturated heterocycles. The van der Waals surface area contributed by atoms with Gasteiger partial charge in [-0.3, -0.25) is 9.59 Å². The molecule has 114 valence electrons. The number of halogens is 1. The number of nitrogens with zero attached hydrogens (tertiary/aromatic N) is 1. The highest BCUT2D eigenvalue weighted by molar-refractivity contribution is 9.10. The van der Waals surface area contributed by atoms with Gasteiger partial charge < -0.3 is 10.2 Å². The SMILES string of the molecule is Cc1ccc(NC(=O)CC(=O)N(C)c2ccccc2)cc1Br.